The quantitative estimate of drug-likeness (QED) is 0.590. The predicted octanol–water partition coefficient (Wildman–Crippen LogP) is 3.18. The average Bonchev–Trinajstić information content (AvgIpc) is 2.98. The number of carbonyl (C=O) groups is 2. The molecule has 1 amide bonds. The van der Waals surface area contributed by atoms with Gasteiger partial charge in [-0.3, -0.25) is 9.59 Å². The normalized spacial score (nSPS) is 18.4. The number of carbonyl (C=O) groups excluding carboxylic acids is 2. The van der Waals surface area contributed by atoms with E-state index in [0.717, 1.165) is 17.0 Å². The minimum Gasteiger partial charge on any atom is -0.497 e. The van der Waals surface area contributed by atoms with Crippen LogP contribution in [0.2, 0.25) is 0 Å². The number of benzene rings is 2. The fraction of sp³-hybridized carbons (Fsp3) is 0.273. The summed E-state index contributed by atoms with van der Waals surface area (Å²) in [6.45, 7) is 2.53. The molecule has 6 nitrogen and oxygen atoms in total. The first-order valence-electron chi connectivity index (χ1n) is 9.07. The molecule has 0 bridgehead atoms. The number of anilines is 1. The number of Topliss-reactive ketones (excluding diaryl/α,β-unsaturated/α-hetero) is 1. The minimum absolute atomic E-state index is 0.347. The maximum atomic E-state index is 12.8. The summed E-state index contributed by atoms with van der Waals surface area (Å²) in [5.41, 5.74) is 2.82. The lowest BCUT2D eigenvalue weighted by Crippen LogP contribution is -2.32. The van der Waals surface area contributed by atoms with E-state index in [-0.39, 0.29) is 0 Å². The molecule has 2 aromatic rings. The molecule has 1 saturated heterocycles. The van der Waals surface area contributed by atoms with Gasteiger partial charge >= 0.3 is 0 Å². The Kier molecular flexibility index (Phi) is 6.11. The first-order chi connectivity index (χ1) is 13.6. The molecule has 2 aromatic carbocycles. The third kappa shape index (κ3) is 3.92. The zero-order valence-corrected chi connectivity index (χ0v) is 16.3. The van der Waals surface area contributed by atoms with E-state index in [1.165, 1.54) is 0 Å². The van der Waals surface area contributed by atoms with E-state index in [0.29, 0.717) is 24.4 Å². The number of ketones is 1. The number of allylic oxidation sites excluding steroid dienone is 1. The van der Waals surface area contributed by atoms with E-state index in [2.05, 4.69) is 5.32 Å². The minimum atomic E-state index is -0.503. The Labute approximate surface area is 164 Å². The molecular weight excluding hydrogens is 356 g/mol. The van der Waals surface area contributed by atoms with Crippen molar-refractivity contribution in [2.24, 2.45) is 0 Å². The number of hydrogen-bond acceptors (Lipinski definition) is 5. The summed E-state index contributed by atoms with van der Waals surface area (Å²) in [4.78, 5) is 27.1. The van der Waals surface area contributed by atoms with Crippen molar-refractivity contribution in [2.75, 3.05) is 32.7 Å². The molecule has 28 heavy (non-hydrogen) atoms. The van der Waals surface area contributed by atoms with Gasteiger partial charge in [0.25, 0.3) is 11.7 Å². The van der Waals surface area contributed by atoms with Crippen LogP contribution in [0.25, 0.3) is 0 Å². The van der Waals surface area contributed by atoms with Crippen molar-refractivity contribution in [1.29, 1.82) is 0 Å². The monoisotopic (exact) mass is 380 g/mol. The van der Waals surface area contributed by atoms with Gasteiger partial charge in [-0.25, -0.2) is 0 Å². The highest BCUT2D eigenvalue weighted by Crippen LogP contribution is 2.37. The SMILES string of the molecule is COCCN1C(=O)C(=O)/C(=C(/C)Nc2ccc(OC)cc2)C1c1ccccc1. The maximum absolute atomic E-state index is 12.8. The summed E-state index contributed by atoms with van der Waals surface area (Å²) in [6, 6.07) is 16.5. The highest BCUT2D eigenvalue weighted by Gasteiger charge is 2.44. The van der Waals surface area contributed by atoms with Crippen LogP contribution in [0.3, 0.4) is 0 Å². The fourth-order valence-electron chi connectivity index (χ4n) is 3.38. The molecule has 1 aliphatic rings. The largest absolute Gasteiger partial charge is 0.497 e. The topological polar surface area (TPSA) is 67.9 Å². The summed E-state index contributed by atoms with van der Waals surface area (Å²) in [7, 11) is 3.19. The molecule has 3 rings (SSSR count). The fourth-order valence-corrected chi connectivity index (χ4v) is 3.38. The van der Waals surface area contributed by atoms with Crippen LogP contribution in [0.1, 0.15) is 18.5 Å². The van der Waals surface area contributed by atoms with Gasteiger partial charge in [-0.2, -0.15) is 0 Å². The summed E-state index contributed by atoms with van der Waals surface area (Å²) < 4.78 is 10.3. The van der Waals surface area contributed by atoms with E-state index in [4.69, 9.17) is 9.47 Å². The van der Waals surface area contributed by atoms with Gasteiger partial charge in [-0.1, -0.05) is 30.3 Å². The van der Waals surface area contributed by atoms with Gasteiger partial charge in [0.15, 0.2) is 0 Å². The summed E-state index contributed by atoms with van der Waals surface area (Å²) in [5.74, 6) is -0.240. The van der Waals surface area contributed by atoms with E-state index in [1.807, 2.05) is 61.5 Å². The van der Waals surface area contributed by atoms with Crippen LogP contribution in [0.5, 0.6) is 5.75 Å². The summed E-state index contributed by atoms with van der Waals surface area (Å²) in [6.07, 6.45) is 0. The first-order valence-corrected chi connectivity index (χ1v) is 9.07. The predicted molar refractivity (Wildman–Crippen MR) is 107 cm³/mol. The van der Waals surface area contributed by atoms with Crippen LogP contribution in [0.15, 0.2) is 65.9 Å². The maximum Gasteiger partial charge on any atom is 0.295 e. The van der Waals surface area contributed by atoms with Gasteiger partial charge in [0.05, 0.1) is 25.3 Å². The van der Waals surface area contributed by atoms with Gasteiger partial charge in [0.2, 0.25) is 0 Å². The van der Waals surface area contributed by atoms with Crippen molar-refractivity contribution in [1.82, 2.24) is 4.90 Å². The van der Waals surface area contributed by atoms with Gasteiger partial charge in [-0.05, 0) is 36.8 Å². The van der Waals surface area contributed by atoms with Crippen LogP contribution >= 0.6 is 0 Å². The molecule has 0 saturated carbocycles. The van der Waals surface area contributed by atoms with Gasteiger partial charge in [0, 0.05) is 25.0 Å². The van der Waals surface area contributed by atoms with Gasteiger partial charge < -0.3 is 19.7 Å². The van der Waals surface area contributed by atoms with Crippen molar-refractivity contribution in [3.8, 4) is 5.75 Å². The molecule has 0 radical (unpaired) electrons. The number of amides is 1. The number of rotatable bonds is 7. The third-order valence-corrected chi connectivity index (χ3v) is 4.76. The number of ether oxygens (including phenoxy) is 2. The Balaban J connectivity index is 2.00. The zero-order valence-electron chi connectivity index (χ0n) is 16.3. The lowest BCUT2D eigenvalue weighted by Gasteiger charge is -2.25. The second-order valence-corrected chi connectivity index (χ2v) is 6.53. The van der Waals surface area contributed by atoms with E-state index >= 15 is 0 Å². The van der Waals surface area contributed by atoms with Crippen molar-refractivity contribution in [3.05, 3.63) is 71.4 Å². The Hall–Kier alpha value is -3.12. The average molecular weight is 380 g/mol. The smallest absolute Gasteiger partial charge is 0.295 e. The van der Waals surface area contributed by atoms with E-state index in [1.54, 1.807) is 19.1 Å². The summed E-state index contributed by atoms with van der Waals surface area (Å²) >= 11 is 0. The van der Waals surface area contributed by atoms with Crippen LogP contribution in [0.4, 0.5) is 5.69 Å². The Morgan fingerprint density at radius 3 is 2.32 bits per heavy atom. The molecule has 1 aliphatic heterocycles. The Morgan fingerprint density at radius 2 is 1.71 bits per heavy atom. The van der Waals surface area contributed by atoms with E-state index in [9.17, 15) is 9.59 Å². The molecule has 1 unspecified atom stereocenters. The molecular formula is C22H24N2O4. The van der Waals surface area contributed by atoms with Crippen LogP contribution in [-0.2, 0) is 14.3 Å². The van der Waals surface area contributed by atoms with Gasteiger partial charge in [-0.15, -0.1) is 0 Å². The first kappa shape index (κ1) is 19.6. The number of methoxy groups -OCH3 is 2. The highest BCUT2D eigenvalue weighted by molar-refractivity contribution is 6.45. The standard InChI is InChI=1S/C22H24N2O4/c1-15(23-17-9-11-18(28-3)12-10-17)19-20(16-7-5-4-6-8-16)24(13-14-27-2)22(26)21(19)25/h4-12,20,23H,13-14H2,1-3H3/b19-15-. The number of hydrogen-bond donors (Lipinski definition) is 1. The molecule has 1 N–H and O–H groups in total. The zero-order chi connectivity index (χ0) is 20.1. The van der Waals surface area contributed by atoms with Crippen molar-refractivity contribution in [3.63, 3.8) is 0 Å². The summed E-state index contributed by atoms with van der Waals surface area (Å²) in [5, 5.41) is 3.26. The van der Waals surface area contributed by atoms with Crippen LogP contribution in [0, 0.1) is 0 Å². The number of nitrogens with zero attached hydrogens (tertiary/aromatic N) is 1. The van der Waals surface area contributed by atoms with Crippen molar-refractivity contribution >= 4 is 17.4 Å². The molecule has 1 fully saturated rings. The van der Waals surface area contributed by atoms with Crippen LogP contribution < -0.4 is 10.1 Å². The number of likely N-dealkylation sites (tertiary alicyclic amines) is 1. The van der Waals surface area contributed by atoms with E-state index < -0.39 is 17.7 Å². The molecule has 0 spiro atoms. The second-order valence-electron chi connectivity index (χ2n) is 6.53. The molecule has 0 aliphatic carbocycles. The molecule has 1 heterocycles. The lowest BCUT2D eigenvalue weighted by molar-refractivity contribution is -0.140. The second kappa shape index (κ2) is 8.71. The molecule has 0 aromatic heterocycles. The van der Waals surface area contributed by atoms with Gasteiger partial charge in [0.1, 0.15) is 5.75 Å². The van der Waals surface area contributed by atoms with Crippen LogP contribution in [-0.4, -0.2) is 44.0 Å². The number of nitrogens with one attached hydrogen (secondary N) is 1. The van der Waals surface area contributed by atoms with Crippen molar-refractivity contribution in [2.45, 2.75) is 13.0 Å². The lowest BCUT2D eigenvalue weighted by atomic mass is 9.97. The molecule has 6 heteroatoms. The molecule has 146 valence electrons. The Morgan fingerprint density at radius 1 is 1.04 bits per heavy atom. The molecule has 1 atom stereocenters. The van der Waals surface area contributed by atoms with Crippen molar-refractivity contribution < 1.29 is 19.1 Å². The highest BCUT2D eigenvalue weighted by atomic mass is 16.5. The third-order valence-electron chi connectivity index (χ3n) is 4.76. The Bertz CT molecular complexity index is 875.